The van der Waals surface area contributed by atoms with E-state index < -0.39 is 0 Å². The Bertz CT molecular complexity index is 241. The van der Waals surface area contributed by atoms with Gasteiger partial charge in [-0.05, 0) is 31.1 Å². The molecule has 2 bridgehead atoms. The molecule has 2 aliphatic carbocycles. The summed E-state index contributed by atoms with van der Waals surface area (Å²) >= 11 is 0. The van der Waals surface area contributed by atoms with Crippen LogP contribution in [0.1, 0.15) is 38.5 Å². The third-order valence-corrected chi connectivity index (χ3v) is 4.53. The summed E-state index contributed by atoms with van der Waals surface area (Å²) in [5.74, 6) is 2.49. The van der Waals surface area contributed by atoms with Crippen molar-refractivity contribution in [3.63, 3.8) is 0 Å². The number of hydrogen-bond acceptors (Lipinski definition) is 2. The van der Waals surface area contributed by atoms with E-state index in [4.69, 9.17) is 0 Å². The van der Waals surface area contributed by atoms with Crippen molar-refractivity contribution in [3.05, 3.63) is 0 Å². The molecule has 1 heterocycles. The number of carbonyl (C=O) groups is 1. The predicted octanol–water partition coefficient (Wildman–Crippen LogP) is 1.84. The van der Waals surface area contributed by atoms with Crippen LogP contribution in [0, 0.1) is 11.8 Å². The van der Waals surface area contributed by atoms with E-state index in [0.717, 1.165) is 43.8 Å². The molecule has 1 saturated heterocycles. The molecule has 3 atom stereocenters. The largest absolute Gasteiger partial charge is 0.300 e. The zero-order valence-electron chi connectivity index (χ0n) is 8.74. The average Bonchev–Trinajstić information content (AvgIpc) is 2.80. The molecular formula is C12H19NO. The molecule has 78 valence electrons. The summed E-state index contributed by atoms with van der Waals surface area (Å²) < 4.78 is 0. The van der Waals surface area contributed by atoms with Crippen LogP contribution < -0.4 is 0 Å². The van der Waals surface area contributed by atoms with Gasteiger partial charge in [-0.15, -0.1) is 0 Å². The summed E-state index contributed by atoms with van der Waals surface area (Å²) in [5, 5.41) is 0. The first-order chi connectivity index (χ1) is 6.83. The fourth-order valence-corrected chi connectivity index (χ4v) is 3.76. The van der Waals surface area contributed by atoms with E-state index in [0.29, 0.717) is 5.78 Å². The Kier molecular flexibility index (Phi) is 2.12. The van der Waals surface area contributed by atoms with Crippen LogP contribution >= 0.6 is 0 Å². The van der Waals surface area contributed by atoms with Crippen LogP contribution in [0.5, 0.6) is 0 Å². The molecule has 3 aliphatic rings. The van der Waals surface area contributed by atoms with Crippen molar-refractivity contribution in [3.8, 4) is 0 Å². The highest BCUT2D eigenvalue weighted by atomic mass is 16.1. The molecule has 2 heteroatoms. The van der Waals surface area contributed by atoms with Crippen molar-refractivity contribution in [1.82, 2.24) is 4.90 Å². The Morgan fingerprint density at radius 3 is 2.43 bits per heavy atom. The summed E-state index contributed by atoms with van der Waals surface area (Å²) in [6.45, 7) is 2.10. The van der Waals surface area contributed by atoms with Crippen LogP contribution in [0.2, 0.25) is 0 Å². The molecule has 2 nitrogen and oxygen atoms in total. The normalized spacial score (nSPS) is 43.4. The van der Waals surface area contributed by atoms with Gasteiger partial charge in [-0.25, -0.2) is 0 Å². The maximum absolute atomic E-state index is 11.2. The zero-order valence-corrected chi connectivity index (χ0v) is 8.74. The molecule has 0 N–H and O–H groups in total. The third kappa shape index (κ3) is 1.40. The van der Waals surface area contributed by atoms with Gasteiger partial charge in [0.1, 0.15) is 5.78 Å². The number of nitrogens with zero attached hydrogens (tertiary/aromatic N) is 1. The molecule has 0 amide bonds. The maximum atomic E-state index is 11.2. The first-order valence-electron chi connectivity index (χ1n) is 6.08. The predicted molar refractivity (Wildman–Crippen MR) is 55.1 cm³/mol. The van der Waals surface area contributed by atoms with E-state index in [-0.39, 0.29) is 0 Å². The first kappa shape index (κ1) is 8.90. The number of fused-ring (bicyclic) bond motifs is 2. The monoisotopic (exact) mass is 193 g/mol. The van der Waals surface area contributed by atoms with Crippen molar-refractivity contribution < 1.29 is 4.79 Å². The second-order valence-corrected chi connectivity index (χ2v) is 5.32. The van der Waals surface area contributed by atoms with Gasteiger partial charge in [-0.1, -0.05) is 6.42 Å². The van der Waals surface area contributed by atoms with Crippen molar-refractivity contribution in [2.75, 3.05) is 13.1 Å². The second-order valence-electron chi connectivity index (χ2n) is 5.32. The molecule has 0 aromatic heterocycles. The summed E-state index contributed by atoms with van der Waals surface area (Å²) in [7, 11) is 0. The first-order valence-corrected chi connectivity index (χ1v) is 6.08. The van der Waals surface area contributed by atoms with Crippen molar-refractivity contribution in [2.45, 2.75) is 44.6 Å². The average molecular weight is 193 g/mol. The van der Waals surface area contributed by atoms with E-state index in [2.05, 4.69) is 4.90 Å². The SMILES string of the molecule is O=C1CCN(C2CC3CCC2C3)CC1. The maximum Gasteiger partial charge on any atom is 0.135 e. The van der Waals surface area contributed by atoms with Gasteiger partial charge < -0.3 is 0 Å². The second kappa shape index (κ2) is 3.34. The van der Waals surface area contributed by atoms with Gasteiger partial charge in [-0.3, -0.25) is 9.69 Å². The summed E-state index contributed by atoms with van der Waals surface area (Å²) in [6, 6.07) is 0.849. The fourth-order valence-electron chi connectivity index (χ4n) is 3.76. The number of Topliss-reactive ketones (excluding diaryl/α,β-unsaturated/α-hetero) is 1. The number of carbonyl (C=O) groups excluding carboxylic acids is 1. The number of piperidine rings is 1. The van der Waals surface area contributed by atoms with E-state index >= 15 is 0 Å². The lowest BCUT2D eigenvalue weighted by Gasteiger charge is -2.36. The number of hydrogen-bond donors (Lipinski definition) is 0. The van der Waals surface area contributed by atoms with Crippen molar-refractivity contribution in [1.29, 1.82) is 0 Å². The van der Waals surface area contributed by atoms with Gasteiger partial charge in [0.05, 0.1) is 0 Å². The van der Waals surface area contributed by atoms with Crippen molar-refractivity contribution >= 4 is 5.78 Å². The molecule has 3 fully saturated rings. The topological polar surface area (TPSA) is 20.3 Å². The molecule has 0 aromatic carbocycles. The van der Waals surface area contributed by atoms with E-state index in [9.17, 15) is 4.79 Å². The molecule has 3 unspecified atom stereocenters. The van der Waals surface area contributed by atoms with Crippen LogP contribution in [-0.2, 0) is 4.79 Å². The molecule has 1 aliphatic heterocycles. The summed E-state index contributed by atoms with van der Waals surface area (Å²) in [4.78, 5) is 13.8. The molecule has 0 spiro atoms. The number of ketones is 1. The van der Waals surface area contributed by atoms with Gasteiger partial charge >= 0.3 is 0 Å². The lowest BCUT2D eigenvalue weighted by Crippen LogP contribution is -2.44. The Balaban J connectivity index is 1.63. The lowest BCUT2D eigenvalue weighted by molar-refractivity contribution is -0.122. The molecule has 0 radical (unpaired) electrons. The molecule has 2 saturated carbocycles. The summed E-state index contributed by atoms with van der Waals surface area (Å²) in [5.41, 5.74) is 0. The Hall–Kier alpha value is -0.370. The van der Waals surface area contributed by atoms with Crippen LogP contribution in [0.15, 0.2) is 0 Å². The van der Waals surface area contributed by atoms with Gasteiger partial charge in [-0.2, -0.15) is 0 Å². The molecule has 3 rings (SSSR count). The van der Waals surface area contributed by atoms with E-state index in [1.165, 1.54) is 25.7 Å². The highest BCUT2D eigenvalue weighted by molar-refractivity contribution is 5.79. The zero-order chi connectivity index (χ0) is 9.54. The minimum absolute atomic E-state index is 0.476. The fraction of sp³-hybridized carbons (Fsp3) is 0.917. The van der Waals surface area contributed by atoms with Gasteiger partial charge in [0.2, 0.25) is 0 Å². The molecular weight excluding hydrogens is 174 g/mol. The van der Waals surface area contributed by atoms with Crippen LogP contribution in [-0.4, -0.2) is 29.8 Å². The van der Waals surface area contributed by atoms with Crippen molar-refractivity contribution in [2.24, 2.45) is 11.8 Å². The molecule has 14 heavy (non-hydrogen) atoms. The number of rotatable bonds is 1. The lowest BCUT2D eigenvalue weighted by atomic mass is 9.92. The van der Waals surface area contributed by atoms with Gasteiger partial charge in [0.15, 0.2) is 0 Å². The minimum atomic E-state index is 0.476. The van der Waals surface area contributed by atoms with Crippen LogP contribution in [0.3, 0.4) is 0 Å². The number of likely N-dealkylation sites (tertiary alicyclic amines) is 1. The smallest absolute Gasteiger partial charge is 0.135 e. The van der Waals surface area contributed by atoms with E-state index in [1.807, 2.05) is 0 Å². The van der Waals surface area contributed by atoms with Gasteiger partial charge in [0.25, 0.3) is 0 Å². The Labute approximate surface area is 85.7 Å². The van der Waals surface area contributed by atoms with E-state index in [1.54, 1.807) is 0 Å². The van der Waals surface area contributed by atoms with Crippen LogP contribution in [0.25, 0.3) is 0 Å². The quantitative estimate of drug-likeness (QED) is 0.633. The Morgan fingerprint density at radius 2 is 1.86 bits per heavy atom. The third-order valence-electron chi connectivity index (χ3n) is 4.53. The van der Waals surface area contributed by atoms with Gasteiger partial charge in [0, 0.05) is 32.0 Å². The Morgan fingerprint density at radius 1 is 1.07 bits per heavy atom. The standard InChI is InChI=1S/C12H19NO/c14-11-3-5-13(6-4-11)12-8-9-1-2-10(12)7-9/h9-10,12H,1-8H2. The molecule has 0 aromatic rings. The highest BCUT2D eigenvalue weighted by Crippen LogP contribution is 2.46. The highest BCUT2D eigenvalue weighted by Gasteiger charge is 2.42. The van der Waals surface area contributed by atoms with Crippen LogP contribution in [0.4, 0.5) is 0 Å². The minimum Gasteiger partial charge on any atom is -0.300 e. The summed E-state index contributed by atoms with van der Waals surface area (Å²) in [6.07, 6.45) is 7.48.